The van der Waals surface area contributed by atoms with Gasteiger partial charge in [-0.2, -0.15) is 9.97 Å². The molecule has 2 bridgehead atoms. The van der Waals surface area contributed by atoms with Crippen LogP contribution in [0.15, 0.2) is 30.3 Å². The third-order valence-electron chi connectivity index (χ3n) is 12.5. The Hall–Kier alpha value is -4.63. The van der Waals surface area contributed by atoms with Gasteiger partial charge in [0.1, 0.15) is 41.2 Å². The lowest BCUT2D eigenvalue weighted by Gasteiger charge is -2.49. The SMILES string of the molecule is C#Cc1c(F)ccc2cccc(-c3nc4c5c(nc(OC[C@@]67CCCN6C[C@H](F)C7)nc5c3F)N3C[C@H]5CC[C@@H]([C@@H]3[C@@H](CC)C4)N5C(=O)OC(C)(C)C)c12. The van der Waals surface area contributed by atoms with Crippen LogP contribution in [-0.2, 0) is 11.2 Å². The molecule has 4 saturated heterocycles. The number of ether oxygens (including phenoxy) is 2. The highest BCUT2D eigenvalue weighted by Crippen LogP contribution is 2.48. The predicted molar refractivity (Wildman–Crippen MR) is 200 cm³/mol. The molecule has 9 rings (SSSR count). The summed E-state index contributed by atoms with van der Waals surface area (Å²) in [5.41, 5.74) is -0.0264. The van der Waals surface area contributed by atoms with Gasteiger partial charge in [0.25, 0.3) is 0 Å². The Kier molecular flexibility index (Phi) is 8.27. The minimum Gasteiger partial charge on any atom is -0.461 e. The summed E-state index contributed by atoms with van der Waals surface area (Å²) in [6.45, 7) is 9.57. The summed E-state index contributed by atoms with van der Waals surface area (Å²) < 4.78 is 59.7. The van der Waals surface area contributed by atoms with Gasteiger partial charge in [0.15, 0.2) is 5.82 Å². The standard InChI is InChI=1S/C42H45F3N6O3/c1-6-23-18-30-33-36(34(45)35(46-30)28-11-8-10-24-12-14-29(44)27(7-2)32(24)28)47-39(53-22-42-16-9-17-49(42)20-25(43)19-42)48-38(33)50-21-26-13-15-31(37(23)50)51(26)40(52)54-41(3,4)5/h2,8,10-12,14,23,25-26,31,37H,6,9,13,15-22H2,1,3-5H3/t23-,25+,26+,31-,37-,42-/m0/s1. The van der Waals surface area contributed by atoms with Crippen molar-refractivity contribution < 1.29 is 27.4 Å². The molecule has 9 nitrogen and oxygen atoms in total. The van der Waals surface area contributed by atoms with Crippen LogP contribution < -0.4 is 9.64 Å². The van der Waals surface area contributed by atoms with Crippen molar-refractivity contribution in [2.75, 3.05) is 31.1 Å². The van der Waals surface area contributed by atoms with Gasteiger partial charge >= 0.3 is 12.1 Å². The molecule has 4 fully saturated rings. The molecule has 2 aromatic carbocycles. The number of hydrogen-bond donors (Lipinski definition) is 0. The van der Waals surface area contributed by atoms with E-state index in [-0.39, 0.29) is 59.5 Å². The number of rotatable bonds is 5. The van der Waals surface area contributed by atoms with Gasteiger partial charge in [-0.25, -0.2) is 22.9 Å². The van der Waals surface area contributed by atoms with Crippen molar-refractivity contribution in [3.05, 3.63) is 53.2 Å². The van der Waals surface area contributed by atoms with E-state index in [1.165, 1.54) is 6.07 Å². The number of nitrogens with zero attached hydrogens (tertiary/aromatic N) is 6. The molecule has 0 saturated carbocycles. The average Bonchev–Trinajstić information content (AvgIpc) is 3.74. The Balaban J connectivity index is 1.23. The molecule has 0 N–H and O–H groups in total. The summed E-state index contributed by atoms with van der Waals surface area (Å²) in [4.78, 5) is 35.0. The lowest BCUT2D eigenvalue weighted by Crippen LogP contribution is -2.64. The topological polar surface area (TPSA) is 83.9 Å². The van der Waals surface area contributed by atoms with E-state index in [4.69, 9.17) is 30.8 Å². The zero-order valence-electron chi connectivity index (χ0n) is 31.2. The molecule has 5 aliphatic heterocycles. The molecule has 5 aliphatic rings. The molecule has 0 unspecified atom stereocenters. The minimum atomic E-state index is -0.938. The second-order valence-electron chi connectivity index (χ2n) is 16.8. The highest BCUT2D eigenvalue weighted by atomic mass is 19.1. The van der Waals surface area contributed by atoms with Crippen LogP contribution in [0.1, 0.15) is 77.5 Å². The second-order valence-corrected chi connectivity index (χ2v) is 16.8. The van der Waals surface area contributed by atoms with Crippen molar-refractivity contribution in [1.29, 1.82) is 0 Å². The Morgan fingerprint density at radius 2 is 1.93 bits per heavy atom. The molecule has 12 heteroatoms. The number of hydrogen-bond acceptors (Lipinski definition) is 8. The number of carbonyl (C=O) groups is 1. The lowest BCUT2D eigenvalue weighted by atomic mass is 9.85. The van der Waals surface area contributed by atoms with E-state index in [1.807, 2.05) is 31.7 Å². The van der Waals surface area contributed by atoms with Gasteiger partial charge < -0.3 is 14.4 Å². The molecular weight excluding hydrogens is 693 g/mol. The number of benzene rings is 2. The number of aromatic nitrogens is 3. The summed E-state index contributed by atoms with van der Waals surface area (Å²) in [5.74, 6) is 1.74. The normalized spacial score (nSPS) is 27.6. The molecule has 1 amide bonds. The van der Waals surface area contributed by atoms with Crippen LogP contribution in [-0.4, -0.2) is 92.5 Å². The number of fused-ring (bicyclic) bond motifs is 7. The minimum absolute atomic E-state index is 0.00344. The van der Waals surface area contributed by atoms with Gasteiger partial charge in [-0.1, -0.05) is 43.5 Å². The highest BCUT2D eigenvalue weighted by Gasteiger charge is 2.54. The van der Waals surface area contributed by atoms with Crippen LogP contribution in [0.25, 0.3) is 32.9 Å². The first-order chi connectivity index (χ1) is 25.9. The Labute approximate surface area is 313 Å². The van der Waals surface area contributed by atoms with Gasteiger partial charge in [-0.05, 0) is 76.8 Å². The molecular formula is C42H45F3N6O3. The third-order valence-corrected chi connectivity index (χ3v) is 12.5. The molecule has 54 heavy (non-hydrogen) atoms. The monoisotopic (exact) mass is 738 g/mol. The van der Waals surface area contributed by atoms with Gasteiger partial charge in [0.05, 0.1) is 40.3 Å². The first-order valence-electron chi connectivity index (χ1n) is 19.3. The van der Waals surface area contributed by atoms with Crippen molar-refractivity contribution in [1.82, 2.24) is 24.8 Å². The molecule has 4 aromatic rings. The number of anilines is 1. The van der Waals surface area contributed by atoms with Crippen molar-refractivity contribution in [2.45, 2.75) is 108 Å². The van der Waals surface area contributed by atoms with Crippen molar-refractivity contribution in [2.24, 2.45) is 5.92 Å². The van der Waals surface area contributed by atoms with E-state index in [2.05, 4.69) is 22.6 Å². The predicted octanol–water partition coefficient (Wildman–Crippen LogP) is 7.60. The maximum atomic E-state index is 17.5. The molecule has 282 valence electrons. The number of terminal acetylenes is 1. The first kappa shape index (κ1) is 35.1. The third kappa shape index (κ3) is 5.48. The maximum absolute atomic E-state index is 17.5. The average molecular weight is 739 g/mol. The zero-order chi connectivity index (χ0) is 37.7. The summed E-state index contributed by atoms with van der Waals surface area (Å²) in [5, 5.41) is 1.56. The van der Waals surface area contributed by atoms with Crippen LogP contribution >= 0.6 is 0 Å². The zero-order valence-corrected chi connectivity index (χ0v) is 31.2. The fourth-order valence-corrected chi connectivity index (χ4v) is 10.3. The molecule has 0 spiro atoms. The first-order valence-corrected chi connectivity index (χ1v) is 19.3. The molecule has 6 atom stereocenters. The number of pyridine rings is 1. The number of piperazine rings is 1. The number of amides is 1. The molecule has 0 aliphatic carbocycles. The number of alkyl halides is 1. The molecule has 0 radical (unpaired) electrons. The van der Waals surface area contributed by atoms with Gasteiger partial charge in [0.2, 0.25) is 0 Å². The van der Waals surface area contributed by atoms with Gasteiger partial charge in [-0.15, -0.1) is 6.42 Å². The second kappa shape index (κ2) is 12.7. The van der Waals surface area contributed by atoms with Gasteiger partial charge in [-0.3, -0.25) is 9.80 Å². The quantitative estimate of drug-likeness (QED) is 0.194. The van der Waals surface area contributed by atoms with E-state index in [0.717, 1.165) is 38.6 Å². The Bertz CT molecular complexity index is 2240. The van der Waals surface area contributed by atoms with Crippen molar-refractivity contribution >= 4 is 33.6 Å². The molecule has 7 heterocycles. The summed E-state index contributed by atoms with van der Waals surface area (Å²) in [6.07, 6.45) is 9.51. The van der Waals surface area contributed by atoms with E-state index in [0.29, 0.717) is 59.2 Å². The number of halogens is 3. The van der Waals surface area contributed by atoms with Crippen LogP contribution in [0.3, 0.4) is 0 Å². The van der Waals surface area contributed by atoms with E-state index < -0.39 is 28.9 Å². The van der Waals surface area contributed by atoms with E-state index in [9.17, 15) is 9.18 Å². The van der Waals surface area contributed by atoms with Crippen LogP contribution in [0.4, 0.5) is 23.8 Å². The smallest absolute Gasteiger partial charge is 0.410 e. The largest absolute Gasteiger partial charge is 0.461 e. The fraction of sp³-hybridized carbons (Fsp3) is 0.524. The lowest BCUT2D eigenvalue weighted by molar-refractivity contribution is 0.00426. The number of carbonyl (C=O) groups excluding carboxylic acids is 1. The van der Waals surface area contributed by atoms with Crippen molar-refractivity contribution in [3.63, 3.8) is 0 Å². The fourth-order valence-electron chi connectivity index (χ4n) is 10.3. The Morgan fingerprint density at radius 3 is 2.70 bits per heavy atom. The van der Waals surface area contributed by atoms with Gasteiger partial charge in [0, 0.05) is 30.5 Å². The Morgan fingerprint density at radius 1 is 1.09 bits per heavy atom. The molecule has 2 aromatic heterocycles. The maximum Gasteiger partial charge on any atom is 0.410 e. The van der Waals surface area contributed by atoms with Crippen LogP contribution in [0, 0.1) is 29.9 Å². The van der Waals surface area contributed by atoms with E-state index >= 15 is 8.78 Å². The van der Waals surface area contributed by atoms with Crippen LogP contribution in [0.5, 0.6) is 6.01 Å². The van der Waals surface area contributed by atoms with E-state index in [1.54, 1.807) is 18.2 Å². The summed E-state index contributed by atoms with van der Waals surface area (Å²) in [6, 6.07) is 7.79. The van der Waals surface area contributed by atoms with Crippen molar-refractivity contribution in [3.8, 4) is 29.6 Å². The summed E-state index contributed by atoms with van der Waals surface area (Å²) >= 11 is 0. The summed E-state index contributed by atoms with van der Waals surface area (Å²) in [7, 11) is 0. The highest BCUT2D eigenvalue weighted by molar-refractivity contribution is 6.03. The van der Waals surface area contributed by atoms with Crippen LogP contribution in [0.2, 0.25) is 0 Å².